The average molecular weight is 257 g/mol. The van der Waals surface area contributed by atoms with Crippen LogP contribution in [0.25, 0.3) is 0 Å². The summed E-state index contributed by atoms with van der Waals surface area (Å²) in [7, 11) is 0. The summed E-state index contributed by atoms with van der Waals surface area (Å²) >= 11 is 0. The lowest BCUT2D eigenvalue weighted by molar-refractivity contribution is -0.385. The van der Waals surface area contributed by atoms with Gasteiger partial charge >= 0.3 is 0 Å². The summed E-state index contributed by atoms with van der Waals surface area (Å²) in [4.78, 5) is 12.6. The van der Waals surface area contributed by atoms with Crippen molar-refractivity contribution in [2.75, 3.05) is 18.0 Å². The minimum Gasteiger partial charge on any atom is -0.371 e. The van der Waals surface area contributed by atoms with Crippen LogP contribution in [0.15, 0.2) is 18.2 Å². The molecular weight excluding hydrogens is 242 g/mol. The molecule has 2 atom stereocenters. The van der Waals surface area contributed by atoms with Crippen molar-refractivity contribution in [3.8, 4) is 6.07 Å². The number of nitriles is 1. The number of fused-ring (bicyclic) bond motifs is 1. The predicted molar refractivity (Wildman–Crippen MR) is 70.9 cm³/mol. The Hall–Kier alpha value is -2.09. The van der Waals surface area contributed by atoms with Crippen molar-refractivity contribution in [2.45, 2.75) is 19.3 Å². The molecule has 2 fully saturated rings. The van der Waals surface area contributed by atoms with E-state index in [2.05, 4.69) is 4.90 Å². The SMILES string of the molecule is N#Cc1cc(N2CC3CCCC3C2)ccc1[N+](=O)[O-]. The Morgan fingerprint density at radius 3 is 2.58 bits per heavy atom. The highest BCUT2D eigenvalue weighted by Crippen LogP contribution is 2.40. The van der Waals surface area contributed by atoms with Crippen LogP contribution in [0.4, 0.5) is 11.4 Å². The van der Waals surface area contributed by atoms with Gasteiger partial charge in [-0.3, -0.25) is 10.1 Å². The van der Waals surface area contributed by atoms with Gasteiger partial charge in [0.1, 0.15) is 11.6 Å². The second kappa shape index (κ2) is 4.54. The molecule has 0 bridgehead atoms. The van der Waals surface area contributed by atoms with Gasteiger partial charge in [-0.2, -0.15) is 5.26 Å². The highest BCUT2D eigenvalue weighted by molar-refractivity contribution is 5.60. The number of hydrogen-bond acceptors (Lipinski definition) is 4. The van der Waals surface area contributed by atoms with Gasteiger partial charge in [-0.1, -0.05) is 6.42 Å². The zero-order chi connectivity index (χ0) is 13.4. The fourth-order valence-corrected chi connectivity index (χ4v) is 3.42. The van der Waals surface area contributed by atoms with Gasteiger partial charge in [0.05, 0.1) is 4.92 Å². The summed E-state index contributed by atoms with van der Waals surface area (Å²) < 4.78 is 0. The Kier molecular flexibility index (Phi) is 2.86. The van der Waals surface area contributed by atoms with Crippen molar-refractivity contribution in [3.05, 3.63) is 33.9 Å². The van der Waals surface area contributed by atoms with E-state index in [-0.39, 0.29) is 11.3 Å². The molecule has 5 heteroatoms. The Balaban J connectivity index is 1.87. The molecule has 1 aromatic carbocycles. The Morgan fingerprint density at radius 2 is 2.00 bits per heavy atom. The van der Waals surface area contributed by atoms with Gasteiger partial charge in [0, 0.05) is 24.8 Å². The van der Waals surface area contributed by atoms with Crippen LogP contribution in [0.5, 0.6) is 0 Å². The molecule has 5 nitrogen and oxygen atoms in total. The van der Waals surface area contributed by atoms with Gasteiger partial charge < -0.3 is 4.90 Å². The topological polar surface area (TPSA) is 70.2 Å². The Labute approximate surface area is 111 Å². The number of hydrogen-bond donors (Lipinski definition) is 0. The minimum atomic E-state index is -0.499. The summed E-state index contributed by atoms with van der Waals surface area (Å²) in [6.07, 6.45) is 3.91. The normalized spacial score (nSPS) is 25.1. The van der Waals surface area contributed by atoms with Gasteiger partial charge in [-0.15, -0.1) is 0 Å². The summed E-state index contributed by atoms with van der Waals surface area (Å²) in [5.41, 5.74) is 0.988. The number of nitrogens with zero attached hydrogens (tertiary/aromatic N) is 3. The van der Waals surface area contributed by atoms with Gasteiger partial charge in [0.25, 0.3) is 5.69 Å². The number of anilines is 1. The monoisotopic (exact) mass is 257 g/mol. The lowest BCUT2D eigenvalue weighted by Gasteiger charge is -2.19. The van der Waals surface area contributed by atoms with Crippen LogP contribution in [0, 0.1) is 33.3 Å². The molecule has 0 spiro atoms. The van der Waals surface area contributed by atoms with E-state index in [1.54, 1.807) is 12.1 Å². The van der Waals surface area contributed by atoms with E-state index in [9.17, 15) is 10.1 Å². The highest BCUT2D eigenvalue weighted by atomic mass is 16.6. The van der Waals surface area contributed by atoms with Gasteiger partial charge in [0.2, 0.25) is 0 Å². The number of benzene rings is 1. The zero-order valence-electron chi connectivity index (χ0n) is 10.6. The fourth-order valence-electron chi connectivity index (χ4n) is 3.42. The summed E-state index contributed by atoms with van der Waals surface area (Å²) in [5, 5.41) is 19.8. The maximum atomic E-state index is 10.8. The maximum Gasteiger partial charge on any atom is 0.287 e. The van der Waals surface area contributed by atoms with Crippen LogP contribution in [0.2, 0.25) is 0 Å². The third-order valence-electron chi connectivity index (χ3n) is 4.39. The molecule has 0 aromatic heterocycles. The van der Waals surface area contributed by atoms with Crippen LogP contribution in [-0.4, -0.2) is 18.0 Å². The van der Waals surface area contributed by atoms with Crippen LogP contribution in [0.3, 0.4) is 0 Å². The predicted octanol–water partition coefficient (Wildman–Crippen LogP) is 2.70. The summed E-state index contributed by atoms with van der Waals surface area (Å²) in [6, 6.07) is 6.79. The van der Waals surface area contributed by atoms with Crippen LogP contribution in [-0.2, 0) is 0 Å². The van der Waals surface area contributed by atoms with Crippen LogP contribution in [0.1, 0.15) is 24.8 Å². The summed E-state index contributed by atoms with van der Waals surface area (Å²) in [6.45, 7) is 2.04. The lowest BCUT2D eigenvalue weighted by atomic mass is 10.0. The van der Waals surface area contributed by atoms with E-state index in [4.69, 9.17) is 5.26 Å². The largest absolute Gasteiger partial charge is 0.371 e. The van der Waals surface area contributed by atoms with Crippen LogP contribution >= 0.6 is 0 Å². The number of nitro benzene ring substituents is 1. The molecule has 1 heterocycles. The molecule has 98 valence electrons. The smallest absolute Gasteiger partial charge is 0.287 e. The molecule has 2 unspecified atom stereocenters. The first-order valence-corrected chi connectivity index (χ1v) is 6.62. The van der Waals surface area contributed by atoms with E-state index in [0.29, 0.717) is 0 Å². The fraction of sp³-hybridized carbons (Fsp3) is 0.500. The van der Waals surface area contributed by atoms with Gasteiger partial charge in [-0.25, -0.2) is 0 Å². The van der Waals surface area contributed by atoms with Gasteiger partial charge in [-0.05, 0) is 36.8 Å². The quantitative estimate of drug-likeness (QED) is 0.603. The van der Waals surface area contributed by atoms with Crippen molar-refractivity contribution in [1.82, 2.24) is 0 Å². The third-order valence-corrected chi connectivity index (χ3v) is 4.39. The van der Waals surface area contributed by atoms with E-state index in [1.165, 1.54) is 25.3 Å². The first-order valence-electron chi connectivity index (χ1n) is 6.62. The summed E-state index contributed by atoms with van der Waals surface area (Å²) in [5.74, 6) is 1.53. The van der Waals surface area contributed by atoms with Crippen molar-refractivity contribution in [3.63, 3.8) is 0 Å². The van der Waals surface area contributed by atoms with E-state index in [1.807, 2.05) is 6.07 Å². The first-order chi connectivity index (χ1) is 9.19. The van der Waals surface area contributed by atoms with Crippen molar-refractivity contribution >= 4 is 11.4 Å². The average Bonchev–Trinajstić information content (AvgIpc) is 2.98. The standard InChI is InChI=1S/C14H15N3O2/c15-7-12-6-13(4-5-14(12)17(18)19)16-8-10-2-1-3-11(10)9-16/h4-6,10-11H,1-3,8-9H2. The maximum absolute atomic E-state index is 10.8. The zero-order valence-corrected chi connectivity index (χ0v) is 10.6. The van der Waals surface area contributed by atoms with Crippen molar-refractivity contribution in [2.24, 2.45) is 11.8 Å². The molecule has 1 aromatic rings. The van der Waals surface area contributed by atoms with Crippen molar-refractivity contribution in [1.29, 1.82) is 5.26 Å². The van der Waals surface area contributed by atoms with E-state index < -0.39 is 4.92 Å². The first kappa shape index (κ1) is 12.0. The highest BCUT2D eigenvalue weighted by Gasteiger charge is 2.36. The molecule has 1 saturated carbocycles. The molecule has 19 heavy (non-hydrogen) atoms. The molecular formula is C14H15N3O2. The number of rotatable bonds is 2. The molecule has 1 aliphatic heterocycles. The molecule has 1 aliphatic carbocycles. The van der Waals surface area contributed by atoms with Crippen molar-refractivity contribution < 1.29 is 4.92 Å². The second-order valence-corrected chi connectivity index (χ2v) is 5.43. The third kappa shape index (κ3) is 2.03. The van der Waals surface area contributed by atoms with Gasteiger partial charge in [0.15, 0.2) is 0 Å². The Morgan fingerprint density at radius 1 is 1.32 bits per heavy atom. The molecule has 0 radical (unpaired) electrons. The lowest BCUT2D eigenvalue weighted by Crippen LogP contribution is -2.20. The Bertz CT molecular complexity index is 552. The molecule has 2 aliphatic rings. The molecule has 3 rings (SSSR count). The van der Waals surface area contributed by atoms with E-state index >= 15 is 0 Å². The molecule has 0 amide bonds. The molecule has 0 N–H and O–H groups in total. The van der Waals surface area contributed by atoms with Crippen LogP contribution < -0.4 is 4.90 Å². The second-order valence-electron chi connectivity index (χ2n) is 5.43. The minimum absolute atomic E-state index is 0.106. The molecule has 1 saturated heterocycles. The number of nitro groups is 1. The van der Waals surface area contributed by atoms with E-state index in [0.717, 1.165) is 30.6 Å².